The highest BCUT2D eigenvalue weighted by Gasteiger charge is 2.47. The Morgan fingerprint density at radius 2 is 1.72 bits per heavy atom. The molecule has 32 heavy (non-hydrogen) atoms. The number of imidazole rings is 1. The average Bonchev–Trinajstić information content (AvgIpc) is 3.19. The number of para-hydroxylation sites is 1. The summed E-state index contributed by atoms with van der Waals surface area (Å²) in [6, 6.07) is 13.3. The molecule has 0 amide bonds. The smallest absolute Gasteiger partial charge is 0.148 e. The maximum absolute atomic E-state index is 5.24. The van der Waals surface area contributed by atoms with E-state index in [0.29, 0.717) is 5.92 Å². The zero-order chi connectivity index (χ0) is 23.1. The topological polar surface area (TPSA) is 30.2 Å². The zero-order valence-corrected chi connectivity index (χ0v) is 21.0. The van der Waals surface area contributed by atoms with Crippen LogP contribution in [-0.2, 0) is 16.2 Å². The molecule has 0 aliphatic heterocycles. The van der Waals surface area contributed by atoms with E-state index in [-0.39, 0.29) is 16.2 Å². The minimum Gasteiger partial charge on any atom is -0.279 e. The minimum absolute atomic E-state index is 0.0887. The molecule has 0 saturated heterocycles. The van der Waals surface area contributed by atoms with Gasteiger partial charge in [-0.05, 0) is 58.6 Å². The molecule has 168 valence electrons. The van der Waals surface area contributed by atoms with E-state index >= 15 is 0 Å². The number of benzene rings is 2. The van der Waals surface area contributed by atoms with Gasteiger partial charge >= 0.3 is 0 Å². The summed E-state index contributed by atoms with van der Waals surface area (Å²) in [6.45, 7) is 18.8. The molecule has 1 aliphatic rings. The molecule has 5 rings (SSSR count). The van der Waals surface area contributed by atoms with E-state index < -0.39 is 0 Å². The highest BCUT2D eigenvalue weighted by Crippen LogP contribution is 2.54. The monoisotopic (exact) mass is 427 g/mol. The lowest BCUT2D eigenvalue weighted by atomic mass is 9.70. The van der Waals surface area contributed by atoms with Gasteiger partial charge < -0.3 is 0 Å². The first-order valence-electron chi connectivity index (χ1n) is 12.2. The Balaban J connectivity index is 1.90. The van der Waals surface area contributed by atoms with Crippen LogP contribution in [0, 0.1) is 5.92 Å². The molecule has 0 N–H and O–H groups in total. The molecule has 0 spiro atoms. The lowest BCUT2D eigenvalue weighted by molar-refractivity contribution is 0.258. The first-order valence-corrected chi connectivity index (χ1v) is 12.2. The standard InChI is InChI=1S/C29H37N3/c1-9-12-18(2)29(8)17-28(6,7)20-16-24-23(15-21(20)29)30-25-19-13-10-11-14-22(19)31-26(32(24)25)27(3,4)5/h10-11,13-16,18H,9,12,17H2,1-8H3. The number of nitrogens with zero attached hydrogens (tertiary/aromatic N) is 3. The van der Waals surface area contributed by atoms with Crippen molar-refractivity contribution >= 4 is 27.6 Å². The van der Waals surface area contributed by atoms with Crippen LogP contribution in [0.2, 0.25) is 0 Å². The zero-order valence-electron chi connectivity index (χ0n) is 21.0. The van der Waals surface area contributed by atoms with Gasteiger partial charge in [-0.1, -0.05) is 80.4 Å². The lowest BCUT2D eigenvalue weighted by Crippen LogP contribution is -2.29. The number of rotatable bonds is 3. The van der Waals surface area contributed by atoms with Crippen molar-refractivity contribution in [2.24, 2.45) is 5.92 Å². The van der Waals surface area contributed by atoms with Gasteiger partial charge in [0.15, 0.2) is 0 Å². The maximum atomic E-state index is 5.24. The summed E-state index contributed by atoms with van der Waals surface area (Å²) >= 11 is 0. The Kier molecular flexibility index (Phi) is 4.55. The third kappa shape index (κ3) is 2.93. The Morgan fingerprint density at radius 1 is 1.00 bits per heavy atom. The molecule has 2 atom stereocenters. The predicted octanol–water partition coefficient (Wildman–Crippen LogP) is 7.71. The van der Waals surface area contributed by atoms with Crippen molar-refractivity contribution in [2.45, 2.75) is 90.9 Å². The third-order valence-corrected chi connectivity index (χ3v) is 8.01. The van der Waals surface area contributed by atoms with Crippen LogP contribution in [-0.4, -0.2) is 14.4 Å². The van der Waals surface area contributed by atoms with Crippen molar-refractivity contribution in [3.05, 3.63) is 53.3 Å². The van der Waals surface area contributed by atoms with Gasteiger partial charge in [0.1, 0.15) is 11.5 Å². The van der Waals surface area contributed by atoms with Crippen molar-refractivity contribution in [3.8, 4) is 0 Å². The van der Waals surface area contributed by atoms with Gasteiger partial charge in [0.05, 0.1) is 16.6 Å². The fraction of sp³-hybridized carbons (Fsp3) is 0.517. The number of hydrogen-bond donors (Lipinski definition) is 0. The van der Waals surface area contributed by atoms with Gasteiger partial charge in [-0.25, -0.2) is 9.97 Å². The van der Waals surface area contributed by atoms with E-state index in [2.05, 4.69) is 96.2 Å². The van der Waals surface area contributed by atoms with E-state index in [1.54, 1.807) is 0 Å². The molecular formula is C29H37N3. The van der Waals surface area contributed by atoms with E-state index in [1.807, 2.05) is 0 Å². The van der Waals surface area contributed by atoms with E-state index in [0.717, 1.165) is 27.9 Å². The van der Waals surface area contributed by atoms with E-state index in [9.17, 15) is 0 Å². The molecule has 4 aromatic rings. The number of fused-ring (bicyclic) bond motifs is 6. The predicted molar refractivity (Wildman–Crippen MR) is 136 cm³/mol. The minimum atomic E-state index is -0.0887. The summed E-state index contributed by atoms with van der Waals surface area (Å²) < 4.78 is 2.33. The van der Waals surface area contributed by atoms with Crippen LogP contribution in [0.15, 0.2) is 36.4 Å². The first-order chi connectivity index (χ1) is 15.0. The quantitative estimate of drug-likeness (QED) is 0.335. The van der Waals surface area contributed by atoms with Gasteiger partial charge in [0.2, 0.25) is 0 Å². The second-order valence-electron chi connectivity index (χ2n) is 12.0. The van der Waals surface area contributed by atoms with Crippen molar-refractivity contribution in [3.63, 3.8) is 0 Å². The molecular weight excluding hydrogens is 390 g/mol. The Hall–Kier alpha value is -2.42. The molecule has 3 nitrogen and oxygen atoms in total. The van der Waals surface area contributed by atoms with E-state index in [1.165, 1.54) is 35.9 Å². The van der Waals surface area contributed by atoms with Crippen LogP contribution in [0.5, 0.6) is 0 Å². The molecule has 2 unspecified atom stereocenters. The molecule has 3 heteroatoms. The fourth-order valence-electron chi connectivity index (χ4n) is 6.28. The number of aromatic nitrogens is 3. The Labute approximate surface area is 192 Å². The average molecular weight is 428 g/mol. The second-order valence-corrected chi connectivity index (χ2v) is 12.0. The Morgan fingerprint density at radius 3 is 2.41 bits per heavy atom. The third-order valence-electron chi connectivity index (χ3n) is 8.01. The van der Waals surface area contributed by atoms with Crippen LogP contribution in [0.4, 0.5) is 0 Å². The van der Waals surface area contributed by atoms with Crippen molar-refractivity contribution in [1.82, 2.24) is 14.4 Å². The lowest BCUT2D eigenvalue weighted by Gasteiger charge is -2.34. The van der Waals surface area contributed by atoms with Crippen LogP contribution in [0.1, 0.15) is 91.6 Å². The van der Waals surface area contributed by atoms with E-state index in [4.69, 9.17) is 9.97 Å². The molecule has 0 saturated carbocycles. The van der Waals surface area contributed by atoms with Gasteiger partial charge in [0.25, 0.3) is 0 Å². The van der Waals surface area contributed by atoms with Crippen molar-refractivity contribution < 1.29 is 0 Å². The largest absolute Gasteiger partial charge is 0.279 e. The summed E-state index contributed by atoms with van der Waals surface area (Å²) in [6.07, 6.45) is 3.69. The summed E-state index contributed by atoms with van der Waals surface area (Å²) in [5.41, 5.74) is 7.59. The van der Waals surface area contributed by atoms with Crippen LogP contribution in [0.25, 0.3) is 27.6 Å². The SMILES string of the molecule is CCCC(C)C1(C)CC(C)(C)c2cc3c(cc21)nc1c2ccccc2nc(C(C)(C)C)n31. The van der Waals surface area contributed by atoms with Crippen LogP contribution in [0.3, 0.4) is 0 Å². The molecule has 0 fully saturated rings. The van der Waals surface area contributed by atoms with Gasteiger partial charge in [-0.3, -0.25) is 4.40 Å². The summed E-state index contributed by atoms with van der Waals surface area (Å²) in [5.74, 6) is 1.72. The Bertz CT molecular complexity index is 1350. The molecule has 0 radical (unpaired) electrons. The van der Waals surface area contributed by atoms with Crippen molar-refractivity contribution in [1.29, 1.82) is 0 Å². The second kappa shape index (κ2) is 6.79. The number of hydrogen-bond acceptors (Lipinski definition) is 2. The molecule has 2 heterocycles. The molecule has 2 aromatic heterocycles. The summed E-state index contributed by atoms with van der Waals surface area (Å²) in [5, 5.41) is 1.12. The van der Waals surface area contributed by atoms with Crippen LogP contribution >= 0.6 is 0 Å². The summed E-state index contributed by atoms with van der Waals surface area (Å²) in [7, 11) is 0. The highest BCUT2D eigenvalue weighted by atomic mass is 15.1. The van der Waals surface area contributed by atoms with Crippen LogP contribution < -0.4 is 0 Å². The highest BCUT2D eigenvalue weighted by molar-refractivity contribution is 5.97. The summed E-state index contributed by atoms with van der Waals surface area (Å²) in [4.78, 5) is 10.4. The molecule has 1 aliphatic carbocycles. The van der Waals surface area contributed by atoms with Gasteiger partial charge in [0, 0.05) is 10.8 Å². The molecule has 2 aromatic carbocycles. The molecule has 0 bridgehead atoms. The normalized spacial score (nSPS) is 21.5. The van der Waals surface area contributed by atoms with Gasteiger partial charge in [-0.2, -0.15) is 0 Å². The van der Waals surface area contributed by atoms with Crippen molar-refractivity contribution in [2.75, 3.05) is 0 Å². The first kappa shape index (κ1) is 21.4. The maximum Gasteiger partial charge on any atom is 0.148 e. The fourth-order valence-corrected chi connectivity index (χ4v) is 6.28. The van der Waals surface area contributed by atoms with Gasteiger partial charge in [-0.15, -0.1) is 0 Å².